The second-order valence-electron chi connectivity index (χ2n) is 6.32. The van der Waals surface area contributed by atoms with Gasteiger partial charge >= 0.3 is 0 Å². The van der Waals surface area contributed by atoms with Gasteiger partial charge in [0.1, 0.15) is 12.4 Å². The van der Waals surface area contributed by atoms with Gasteiger partial charge in [-0.2, -0.15) is 0 Å². The molecule has 3 aromatic carbocycles. The highest BCUT2D eigenvalue weighted by molar-refractivity contribution is 9.10. The van der Waals surface area contributed by atoms with Crippen molar-refractivity contribution in [2.45, 2.75) is 19.7 Å². The second kappa shape index (κ2) is 8.46. The molecule has 0 spiro atoms. The van der Waals surface area contributed by atoms with E-state index in [1.54, 1.807) is 0 Å². The van der Waals surface area contributed by atoms with E-state index >= 15 is 0 Å². The topological polar surface area (TPSA) is 39.7 Å². The molecule has 5 heteroatoms. The molecule has 0 aromatic heterocycles. The summed E-state index contributed by atoms with van der Waals surface area (Å²) in [6.07, 6.45) is 0. The van der Waals surface area contributed by atoms with Crippen LogP contribution in [0.1, 0.15) is 16.7 Å². The van der Waals surface area contributed by atoms with Gasteiger partial charge in [0.2, 0.25) is 6.79 Å². The highest BCUT2D eigenvalue weighted by Gasteiger charge is 2.13. The zero-order valence-corrected chi connectivity index (χ0v) is 16.4. The van der Waals surface area contributed by atoms with Crippen LogP contribution in [0.2, 0.25) is 0 Å². The van der Waals surface area contributed by atoms with Crippen molar-refractivity contribution in [3.8, 4) is 17.2 Å². The highest BCUT2D eigenvalue weighted by atomic mass is 79.9. The molecule has 138 valence electrons. The van der Waals surface area contributed by atoms with Gasteiger partial charge in [-0.1, -0.05) is 52.3 Å². The first kappa shape index (κ1) is 17.9. The van der Waals surface area contributed by atoms with Crippen molar-refractivity contribution in [3.05, 3.63) is 87.9 Å². The van der Waals surface area contributed by atoms with Crippen LogP contribution >= 0.6 is 15.9 Å². The average molecular weight is 426 g/mol. The summed E-state index contributed by atoms with van der Waals surface area (Å²) < 4.78 is 17.9. The maximum atomic E-state index is 6.04. The third kappa shape index (κ3) is 4.62. The van der Waals surface area contributed by atoms with E-state index in [2.05, 4.69) is 39.4 Å². The third-order valence-electron chi connectivity index (χ3n) is 4.34. The monoisotopic (exact) mass is 425 g/mol. The number of halogens is 1. The molecule has 0 atom stereocenters. The summed E-state index contributed by atoms with van der Waals surface area (Å²) in [7, 11) is 0. The number of hydrogen-bond donors (Lipinski definition) is 1. The first-order valence-corrected chi connectivity index (χ1v) is 9.61. The maximum absolute atomic E-state index is 6.04. The number of benzene rings is 3. The molecular formula is C22H20BrNO3. The Balaban J connectivity index is 1.38. The lowest BCUT2D eigenvalue weighted by atomic mass is 10.1. The maximum Gasteiger partial charge on any atom is 0.231 e. The van der Waals surface area contributed by atoms with E-state index in [0.717, 1.165) is 45.0 Å². The zero-order chi connectivity index (χ0) is 18.5. The molecule has 1 N–H and O–H groups in total. The first-order valence-electron chi connectivity index (χ1n) is 8.82. The summed E-state index contributed by atoms with van der Waals surface area (Å²) in [5, 5.41) is 3.48. The molecule has 3 aromatic rings. The lowest BCUT2D eigenvalue weighted by Crippen LogP contribution is -2.13. The standard InChI is InChI=1S/C22H20BrNO3/c23-19-7-9-20(25-14-16-4-2-1-3-5-16)18(11-19)13-24-12-17-6-8-21-22(10-17)27-15-26-21/h1-11,24H,12-15H2. The molecule has 0 unspecified atom stereocenters. The summed E-state index contributed by atoms with van der Waals surface area (Å²) in [6.45, 7) is 2.29. The largest absolute Gasteiger partial charge is 0.489 e. The molecule has 27 heavy (non-hydrogen) atoms. The molecule has 1 aliphatic heterocycles. The van der Waals surface area contributed by atoms with Gasteiger partial charge in [0, 0.05) is 23.1 Å². The smallest absolute Gasteiger partial charge is 0.231 e. The fourth-order valence-electron chi connectivity index (χ4n) is 2.95. The Morgan fingerprint density at radius 1 is 0.852 bits per heavy atom. The minimum atomic E-state index is 0.298. The van der Waals surface area contributed by atoms with Crippen LogP contribution < -0.4 is 19.5 Å². The Morgan fingerprint density at radius 3 is 2.59 bits per heavy atom. The Labute approximate surface area is 167 Å². The van der Waals surface area contributed by atoms with Crippen LogP contribution in [0, 0.1) is 0 Å². The minimum Gasteiger partial charge on any atom is -0.489 e. The Morgan fingerprint density at radius 2 is 1.70 bits per heavy atom. The predicted octanol–water partition coefficient (Wildman–Crippen LogP) is 5.05. The van der Waals surface area contributed by atoms with E-state index in [4.69, 9.17) is 14.2 Å². The summed E-state index contributed by atoms with van der Waals surface area (Å²) in [6, 6.07) is 22.3. The van der Waals surface area contributed by atoms with E-state index in [1.165, 1.54) is 0 Å². The third-order valence-corrected chi connectivity index (χ3v) is 4.83. The normalized spacial score (nSPS) is 12.2. The van der Waals surface area contributed by atoms with Crippen molar-refractivity contribution in [1.29, 1.82) is 0 Å². The number of fused-ring (bicyclic) bond motifs is 1. The molecule has 0 amide bonds. The van der Waals surface area contributed by atoms with Gasteiger partial charge in [-0.05, 0) is 41.5 Å². The van der Waals surface area contributed by atoms with Gasteiger partial charge < -0.3 is 19.5 Å². The van der Waals surface area contributed by atoms with Crippen molar-refractivity contribution in [2.75, 3.05) is 6.79 Å². The summed E-state index contributed by atoms with van der Waals surface area (Å²) in [4.78, 5) is 0. The number of rotatable bonds is 7. The fourth-order valence-corrected chi connectivity index (χ4v) is 3.36. The molecular weight excluding hydrogens is 406 g/mol. The van der Waals surface area contributed by atoms with Crippen molar-refractivity contribution < 1.29 is 14.2 Å². The Bertz CT molecular complexity index is 915. The van der Waals surface area contributed by atoms with E-state index in [0.29, 0.717) is 19.9 Å². The van der Waals surface area contributed by atoms with E-state index in [-0.39, 0.29) is 0 Å². The Kier molecular flexibility index (Phi) is 5.61. The van der Waals surface area contributed by atoms with E-state index < -0.39 is 0 Å². The number of hydrogen-bond acceptors (Lipinski definition) is 4. The van der Waals surface area contributed by atoms with Crippen LogP contribution in [0.15, 0.2) is 71.2 Å². The molecule has 1 aliphatic rings. The summed E-state index contributed by atoms with van der Waals surface area (Å²) in [5.41, 5.74) is 3.42. The fraction of sp³-hybridized carbons (Fsp3) is 0.182. The lowest BCUT2D eigenvalue weighted by Gasteiger charge is -2.13. The van der Waals surface area contributed by atoms with Gasteiger partial charge in [0.15, 0.2) is 11.5 Å². The second-order valence-corrected chi connectivity index (χ2v) is 7.23. The van der Waals surface area contributed by atoms with Gasteiger partial charge in [-0.15, -0.1) is 0 Å². The molecule has 4 nitrogen and oxygen atoms in total. The average Bonchev–Trinajstić information content (AvgIpc) is 3.16. The number of ether oxygens (including phenoxy) is 3. The predicted molar refractivity (Wildman–Crippen MR) is 108 cm³/mol. The molecule has 4 rings (SSSR count). The SMILES string of the molecule is Brc1ccc(OCc2ccccc2)c(CNCc2ccc3c(c2)OCO3)c1. The Hall–Kier alpha value is -2.50. The molecule has 0 saturated heterocycles. The van der Waals surface area contributed by atoms with Crippen molar-refractivity contribution >= 4 is 15.9 Å². The molecule has 0 aliphatic carbocycles. The molecule has 0 radical (unpaired) electrons. The van der Waals surface area contributed by atoms with Crippen LogP contribution in [0.4, 0.5) is 0 Å². The molecule has 0 fully saturated rings. The molecule has 0 bridgehead atoms. The van der Waals surface area contributed by atoms with Crippen LogP contribution in [0.3, 0.4) is 0 Å². The van der Waals surface area contributed by atoms with E-state index in [1.807, 2.05) is 48.5 Å². The van der Waals surface area contributed by atoms with Crippen LogP contribution in [-0.2, 0) is 19.7 Å². The lowest BCUT2D eigenvalue weighted by molar-refractivity contribution is 0.174. The van der Waals surface area contributed by atoms with Gasteiger partial charge in [0.05, 0.1) is 0 Å². The van der Waals surface area contributed by atoms with Crippen molar-refractivity contribution in [1.82, 2.24) is 5.32 Å². The van der Waals surface area contributed by atoms with Gasteiger partial charge in [-0.25, -0.2) is 0 Å². The van der Waals surface area contributed by atoms with Gasteiger partial charge in [-0.3, -0.25) is 0 Å². The summed E-state index contributed by atoms with van der Waals surface area (Å²) in [5.74, 6) is 2.51. The van der Waals surface area contributed by atoms with Crippen molar-refractivity contribution in [3.63, 3.8) is 0 Å². The molecule has 0 saturated carbocycles. The molecule has 1 heterocycles. The van der Waals surface area contributed by atoms with Crippen molar-refractivity contribution in [2.24, 2.45) is 0 Å². The van der Waals surface area contributed by atoms with Crippen LogP contribution in [0.5, 0.6) is 17.2 Å². The summed E-state index contributed by atoms with van der Waals surface area (Å²) >= 11 is 3.55. The first-order chi connectivity index (χ1) is 13.3. The minimum absolute atomic E-state index is 0.298. The van der Waals surface area contributed by atoms with E-state index in [9.17, 15) is 0 Å². The zero-order valence-electron chi connectivity index (χ0n) is 14.8. The number of nitrogens with one attached hydrogen (secondary N) is 1. The highest BCUT2D eigenvalue weighted by Crippen LogP contribution is 2.32. The van der Waals surface area contributed by atoms with Gasteiger partial charge in [0.25, 0.3) is 0 Å². The van der Waals surface area contributed by atoms with Crippen LogP contribution in [0.25, 0.3) is 0 Å². The quantitative estimate of drug-likeness (QED) is 0.574. The van der Waals surface area contributed by atoms with Crippen LogP contribution in [-0.4, -0.2) is 6.79 Å².